The van der Waals surface area contributed by atoms with Crippen LogP contribution in [0.4, 0.5) is 0 Å². The molecule has 0 radical (unpaired) electrons. The van der Waals surface area contributed by atoms with Gasteiger partial charge < -0.3 is 5.32 Å². The third-order valence-electron chi connectivity index (χ3n) is 2.14. The van der Waals surface area contributed by atoms with E-state index in [2.05, 4.69) is 21.6 Å². The second kappa shape index (κ2) is 6.77. The van der Waals surface area contributed by atoms with Crippen LogP contribution in [0.2, 0.25) is 5.02 Å². The van der Waals surface area contributed by atoms with Crippen LogP contribution in [0.1, 0.15) is 5.56 Å². The maximum atomic E-state index is 6.26. The van der Waals surface area contributed by atoms with Crippen molar-refractivity contribution in [3.05, 3.63) is 28.8 Å². The highest BCUT2D eigenvalue weighted by atomic mass is 35.5. The SMILES string of the molecule is CNCc1ccc(Sc2nnc(SC)s2)c(Cl)c1. The van der Waals surface area contributed by atoms with Crippen molar-refractivity contribution >= 4 is 46.5 Å². The van der Waals surface area contributed by atoms with Gasteiger partial charge in [0.15, 0.2) is 8.68 Å². The zero-order valence-electron chi connectivity index (χ0n) is 9.94. The Labute approximate surface area is 124 Å². The van der Waals surface area contributed by atoms with E-state index < -0.39 is 0 Å². The fourth-order valence-electron chi connectivity index (χ4n) is 1.36. The van der Waals surface area contributed by atoms with Gasteiger partial charge >= 0.3 is 0 Å². The second-order valence-corrected chi connectivity index (χ2v) is 7.16. The predicted molar refractivity (Wildman–Crippen MR) is 80.0 cm³/mol. The minimum atomic E-state index is 0.758. The summed E-state index contributed by atoms with van der Waals surface area (Å²) in [6.45, 7) is 0.820. The first kappa shape index (κ1) is 14.1. The highest BCUT2D eigenvalue weighted by Gasteiger charge is 2.08. The zero-order chi connectivity index (χ0) is 13.0. The molecule has 1 aromatic heterocycles. The van der Waals surface area contributed by atoms with Gasteiger partial charge in [-0.3, -0.25) is 0 Å². The number of halogens is 1. The van der Waals surface area contributed by atoms with Crippen LogP contribution in [0.5, 0.6) is 0 Å². The van der Waals surface area contributed by atoms with E-state index in [-0.39, 0.29) is 0 Å². The molecule has 0 saturated heterocycles. The van der Waals surface area contributed by atoms with Crippen molar-refractivity contribution in [1.82, 2.24) is 15.5 Å². The summed E-state index contributed by atoms with van der Waals surface area (Å²) in [4.78, 5) is 1.01. The van der Waals surface area contributed by atoms with E-state index in [1.165, 1.54) is 5.56 Å². The minimum Gasteiger partial charge on any atom is -0.316 e. The highest BCUT2D eigenvalue weighted by molar-refractivity contribution is 8.03. The average molecular weight is 318 g/mol. The van der Waals surface area contributed by atoms with Crippen LogP contribution in [-0.2, 0) is 6.54 Å². The molecule has 7 heteroatoms. The summed E-state index contributed by atoms with van der Waals surface area (Å²) < 4.78 is 1.89. The molecule has 0 amide bonds. The fourth-order valence-corrected chi connectivity index (χ4v) is 4.07. The molecule has 1 aromatic carbocycles. The minimum absolute atomic E-state index is 0.758. The monoisotopic (exact) mass is 317 g/mol. The molecule has 1 heterocycles. The third-order valence-corrected chi connectivity index (χ3v) is 5.59. The molecular weight excluding hydrogens is 306 g/mol. The lowest BCUT2D eigenvalue weighted by molar-refractivity contribution is 0.817. The van der Waals surface area contributed by atoms with E-state index in [9.17, 15) is 0 Å². The Bertz CT molecular complexity index is 530. The van der Waals surface area contributed by atoms with Gasteiger partial charge in [-0.25, -0.2) is 0 Å². The van der Waals surface area contributed by atoms with Crippen LogP contribution in [-0.4, -0.2) is 23.5 Å². The number of thioether (sulfide) groups is 1. The molecule has 2 aromatic rings. The van der Waals surface area contributed by atoms with Gasteiger partial charge in [0.05, 0.1) is 5.02 Å². The van der Waals surface area contributed by atoms with Crippen LogP contribution >= 0.6 is 46.5 Å². The van der Waals surface area contributed by atoms with E-state index >= 15 is 0 Å². The van der Waals surface area contributed by atoms with E-state index in [0.717, 1.165) is 25.1 Å². The Hall–Kier alpha value is -0.270. The lowest BCUT2D eigenvalue weighted by atomic mass is 10.2. The maximum absolute atomic E-state index is 6.26. The van der Waals surface area contributed by atoms with E-state index in [1.807, 2.05) is 25.4 Å². The molecule has 0 saturated carbocycles. The number of benzene rings is 1. The Morgan fingerprint density at radius 3 is 2.72 bits per heavy atom. The van der Waals surface area contributed by atoms with Gasteiger partial charge in [0.2, 0.25) is 0 Å². The Morgan fingerprint density at radius 1 is 1.33 bits per heavy atom. The van der Waals surface area contributed by atoms with Crippen LogP contribution in [0.25, 0.3) is 0 Å². The number of rotatable bonds is 5. The van der Waals surface area contributed by atoms with E-state index in [1.54, 1.807) is 34.9 Å². The average Bonchev–Trinajstić information content (AvgIpc) is 2.81. The molecule has 18 heavy (non-hydrogen) atoms. The molecule has 0 bridgehead atoms. The number of nitrogens with zero attached hydrogens (tertiary/aromatic N) is 2. The summed E-state index contributed by atoms with van der Waals surface area (Å²) in [6, 6.07) is 6.08. The molecule has 1 N–H and O–H groups in total. The van der Waals surface area contributed by atoms with Crippen molar-refractivity contribution in [1.29, 1.82) is 0 Å². The van der Waals surface area contributed by atoms with Crippen molar-refractivity contribution in [3.63, 3.8) is 0 Å². The van der Waals surface area contributed by atoms with Gasteiger partial charge in [-0.1, -0.05) is 52.5 Å². The van der Waals surface area contributed by atoms with Crippen molar-refractivity contribution in [2.75, 3.05) is 13.3 Å². The number of hydrogen-bond donors (Lipinski definition) is 1. The lowest BCUT2D eigenvalue weighted by Crippen LogP contribution is -2.04. The molecule has 0 spiro atoms. The van der Waals surface area contributed by atoms with Crippen LogP contribution in [0.15, 0.2) is 31.8 Å². The quantitative estimate of drug-likeness (QED) is 0.849. The van der Waals surface area contributed by atoms with Gasteiger partial charge in [-0.2, -0.15) is 0 Å². The van der Waals surface area contributed by atoms with Gasteiger partial charge in [-0.15, -0.1) is 10.2 Å². The normalized spacial score (nSPS) is 10.8. The van der Waals surface area contributed by atoms with Crippen LogP contribution in [0, 0.1) is 0 Å². The molecule has 0 aliphatic carbocycles. The van der Waals surface area contributed by atoms with Gasteiger partial charge in [0.25, 0.3) is 0 Å². The second-order valence-electron chi connectivity index (χ2n) is 3.44. The van der Waals surface area contributed by atoms with Crippen molar-refractivity contribution in [3.8, 4) is 0 Å². The molecule has 0 fully saturated rings. The first-order valence-corrected chi connectivity index (χ1v) is 8.45. The van der Waals surface area contributed by atoms with Crippen LogP contribution < -0.4 is 5.32 Å². The Kier molecular flexibility index (Phi) is 5.32. The summed E-state index contributed by atoms with van der Waals surface area (Å²) in [5.41, 5.74) is 1.17. The largest absolute Gasteiger partial charge is 0.316 e. The molecule has 0 aliphatic rings. The molecule has 0 aliphatic heterocycles. The predicted octanol–water partition coefficient (Wildman–Crippen LogP) is 3.78. The number of aromatic nitrogens is 2. The first-order chi connectivity index (χ1) is 8.72. The number of nitrogens with one attached hydrogen (secondary N) is 1. The highest BCUT2D eigenvalue weighted by Crippen LogP contribution is 2.36. The Morgan fingerprint density at radius 2 is 2.11 bits per heavy atom. The number of hydrogen-bond acceptors (Lipinski definition) is 6. The molecule has 3 nitrogen and oxygen atoms in total. The van der Waals surface area contributed by atoms with Crippen LogP contribution in [0.3, 0.4) is 0 Å². The van der Waals surface area contributed by atoms with Gasteiger partial charge in [0.1, 0.15) is 0 Å². The standard InChI is InChI=1S/C11H12ClN3S3/c1-13-6-7-3-4-9(8(12)5-7)17-11-15-14-10(16-2)18-11/h3-5,13H,6H2,1-2H3. The van der Waals surface area contributed by atoms with Gasteiger partial charge in [-0.05, 0) is 31.0 Å². The zero-order valence-corrected chi connectivity index (χ0v) is 13.1. The molecule has 0 unspecified atom stereocenters. The topological polar surface area (TPSA) is 37.8 Å². The Balaban J connectivity index is 2.13. The molecule has 96 valence electrons. The first-order valence-electron chi connectivity index (χ1n) is 5.21. The van der Waals surface area contributed by atoms with Crippen molar-refractivity contribution in [2.24, 2.45) is 0 Å². The van der Waals surface area contributed by atoms with Crippen molar-refractivity contribution in [2.45, 2.75) is 20.1 Å². The van der Waals surface area contributed by atoms with E-state index in [0.29, 0.717) is 0 Å². The summed E-state index contributed by atoms with van der Waals surface area (Å²) in [5, 5.41) is 12.0. The van der Waals surface area contributed by atoms with Gasteiger partial charge in [0, 0.05) is 11.4 Å². The smallest absolute Gasteiger partial charge is 0.179 e. The summed E-state index contributed by atoms with van der Waals surface area (Å²) >= 11 is 11.0. The molecular formula is C11H12ClN3S3. The summed E-state index contributed by atoms with van der Waals surface area (Å²) in [5.74, 6) is 0. The van der Waals surface area contributed by atoms with E-state index in [4.69, 9.17) is 11.6 Å². The molecule has 2 rings (SSSR count). The summed E-state index contributed by atoms with van der Waals surface area (Å²) in [6.07, 6.45) is 1.99. The lowest BCUT2D eigenvalue weighted by Gasteiger charge is -2.04. The third kappa shape index (κ3) is 3.61. The molecule has 0 atom stereocenters. The van der Waals surface area contributed by atoms with Crippen molar-refractivity contribution < 1.29 is 0 Å². The summed E-state index contributed by atoms with van der Waals surface area (Å²) in [7, 11) is 1.92. The maximum Gasteiger partial charge on any atom is 0.179 e. The fraction of sp³-hybridized carbons (Fsp3) is 0.273.